The number of rotatable bonds is 6. The minimum Gasteiger partial charge on any atom is -0.345 e. The number of hydrogen-bond acceptors (Lipinski definition) is 2. The molecule has 0 saturated carbocycles. The van der Waals surface area contributed by atoms with Crippen LogP contribution in [0, 0.1) is 6.92 Å². The van der Waals surface area contributed by atoms with Crippen molar-refractivity contribution in [2.24, 2.45) is 0 Å². The zero-order valence-electron chi connectivity index (χ0n) is 15.5. The van der Waals surface area contributed by atoms with Gasteiger partial charge in [-0.05, 0) is 48.4 Å². The van der Waals surface area contributed by atoms with Crippen molar-refractivity contribution >= 4 is 33.4 Å². The zero-order chi connectivity index (χ0) is 19.9. The van der Waals surface area contributed by atoms with Gasteiger partial charge in [-0.2, -0.15) is 0 Å². The van der Waals surface area contributed by atoms with Gasteiger partial charge in [-0.1, -0.05) is 64.5 Å². The summed E-state index contributed by atoms with van der Waals surface area (Å²) in [7, 11) is 0. The number of anilines is 1. The molecule has 3 aromatic carbocycles. The van der Waals surface area contributed by atoms with Crippen LogP contribution in [0.2, 0.25) is 0 Å². The first-order chi connectivity index (χ1) is 13.5. The fourth-order valence-electron chi connectivity index (χ4n) is 2.92. The van der Waals surface area contributed by atoms with Crippen LogP contribution in [0.3, 0.4) is 0 Å². The van der Waals surface area contributed by atoms with Gasteiger partial charge < -0.3 is 10.6 Å². The Balaban J connectivity index is 1.75. The molecule has 142 valence electrons. The van der Waals surface area contributed by atoms with E-state index in [9.17, 15) is 9.59 Å². The van der Waals surface area contributed by atoms with Gasteiger partial charge in [0.2, 0.25) is 5.91 Å². The molecule has 0 aromatic heterocycles. The van der Waals surface area contributed by atoms with Gasteiger partial charge in [-0.3, -0.25) is 9.59 Å². The van der Waals surface area contributed by atoms with Crippen molar-refractivity contribution in [2.45, 2.75) is 19.4 Å². The van der Waals surface area contributed by atoms with E-state index in [-0.39, 0.29) is 18.2 Å². The van der Waals surface area contributed by atoms with Crippen LogP contribution in [0.4, 0.5) is 5.69 Å². The summed E-state index contributed by atoms with van der Waals surface area (Å²) in [6.07, 6.45) is 0.137. The lowest BCUT2D eigenvalue weighted by Crippen LogP contribution is -2.31. The van der Waals surface area contributed by atoms with Gasteiger partial charge in [0.25, 0.3) is 5.91 Å². The lowest BCUT2D eigenvalue weighted by atomic mass is 10.0. The summed E-state index contributed by atoms with van der Waals surface area (Å²) in [5.74, 6) is -0.366. The molecule has 1 atom stereocenters. The second-order valence-electron chi connectivity index (χ2n) is 6.51. The number of carbonyl (C=O) groups is 2. The topological polar surface area (TPSA) is 58.2 Å². The van der Waals surface area contributed by atoms with Crippen LogP contribution < -0.4 is 10.6 Å². The van der Waals surface area contributed by atoms with Crippen molar-refractivity contribution in [3.8, 4) is 0 Å². The molecular weight excluding hydrogens is 416 g/mol. The zero-order valence-corrected chi connectivity index (χ0v) is 17.1. The number of benzene rings is 3. The Hall–Kier alpha value is -2.92. The molecule has 0 bridgehead atoms. The van der Waals surface area contributed by atoms with Gasteiger partial charge in [0.15, 0.2) is 0 Å². The molecule has 0 radical (unpaired) electrons. The second-order valence-corrected chi connectivity index (χ2v) is 7.43. The van der Waals surface area contributed by atoms with Crippen molar-refractivity contribution in [3.05, 3.63) is 100 Å². The summed E-state index contributed by atoms with van der Waals surface area (Å²) < 4.78 is 0.959. The molecule has 4 nitrogen and oxygen atoms in total. The maximum Gasteiger partial charge on any atom is 0.251 e. The third kappa shape index (κ3) is 5.30. The number of carbonyl (C=O) groups excluding carboxylic acids is 2. The average Bonchev–Trinajstić information content (AvgIpc) is 2.71. The summed E-state index contributed by atoms with van der Waals surface area (Å²) in [5.41, 5.74) is 3.17. The maximum atomic E-state index is 12.7. The first kappa shape index (κ1) is 19.8. The fourth-order valence-corrected chi connectivity index (χ4v) is 3.40. The minimum absolute atomic E-state index is 0.137. The molecule has 2 N–H and O–H groups in total. The summed E-state index contributed by atoms with van der Waals surface area (Å²) in [4.78, 5) is 25.3. The van der Waals surface area contributed by atoms with Gasteiger partial charge in [0.1, 0.15) is 0 Å². The van der Waals surface area contributed by atoms with Crippen LogP contribution in [-0.4, -0.2) is 11.8 Å². The molecule has 0 fully saturated rings. The lowest BCUT2D eigenvalue weighted by molar-refractivity contribution is -0.116. The molecule has 0 saturated heterocycles. The molecule has 2 amide bonds. The smallest absolute Gasteiger partial charge is 0.251 e. The number of aryl methyl sites for hydroxylation is 1. The molecule has 28 heavy (non-hydrogen) atoms. The molecule has 3 rings (SSSR count). The first-order valence-corrected chi connectivity index (χ1v) is 9.79. The van der Waals surface area contributed by atoms with E-state index in [2.05, 4.69) is 26.6 Å². The number of nitrogens with one attached hydrogen (secondary N) is 2. The minimum atomic E-state index is -0.426. The van der Waals surface area contributed by atoms with Gasteiger partial charge in [0.05, 0.1) is 12.5 Å². The van der Waals surface area contributed by atoms with E-state index in [1.165, 1.54) is 0 Å². The van der Waals surface area contributed by atoms with Gasteiger partial charge in [-0.15, -0.1) is 0 Å². The van der Waals surface area contributed by atoms with Gasteiger partial charge >= 0.3 is 0 Å². The van der Waals surface area contributed by atoms with Gasteiger partial charge in [0, 0.05) is 15.7 Å². The highest BCUT2D eigenvalue weighted by Gasteiger charge is 2.19. The van der Waals surface area contributed by atoms with Crippen molar-refractivity contribution in [2.75, 3.05) is 5.32 Å². The van der Waals surface area contributed by atoms with Crippen molar-refractivity contribution in [1.82, 2.24) is 5.32 Å². The summed E-state index contributed by atoms with van der Waals surface area (Å²) >= 11 is 3.42. The van der Waals surface area contributed by atoms with E-state index in [4.69, 9.17) is 0 Å². The highest BCUT2D eigenvalue weighted by atomic mass is 79.9. The number of halogens is 1. The van der Waals surface area contributed by atoms with E-state index in [0.29, 0.717) is 5.56 Å². The molecule has 0 aliphatic rings. The van der Waals surface area contributed by atoms with Crippen LogP contribution in [0.25, 0.3) is 0 Å². The van der Waals surface area contributed by atoms with Gasteiger partial charge in [-0.25, -0.2) is 0 Å². The van der Waals surface area contributed by atoms with Crippen molar-refractivity contribution < 1.29 is 9.59 Å². The molecule has 3 aromatic rings. The van der Waals surface area contributed by atoms with E-state index >= 15 is 0 Å². The second kappa shape index (κ2) is 9.33. The largest absolute Gasteiger partial charge is 0.345 e. The molecule has 0 aliphatic carbocycles. The van der Waals surface area contributed by atoms with Crippen LogP contribution >= 0.6 is 15.9 Å². The highest BCUT2D eigenvalue weighted by Crippen LogP contribution is 2.22. The van der Waals surface area contributed by atoms with E-state index in [1.807, 2.05) is 73.7 Å². The third-order valence-corrected chi connectivity index (χ3v) is 4.89. The highest BCUT2D eigenvalue weighted by molar-refractivity contribution is 9.10. The molecule has 0 heterocycles. The third-order valence-electron chi connectivity index (χ3n) is 4.40. The van der Waals surface area contributed by atoms with Crippen molar-refractivity contribution in [3.63, 3.8) is 0 Å². The predicted octanol–water partition coefficient (Wildman–Crippen LogP) is 5.26. The quantitative estimate of drug-likeness (QED) is 0.553. The predicted molar refractivity (Wildman–Crippen MR) is 115 cm³/mol. The monoisotopic (exact) mass is 436 g/mol. The molecule has 5 heteroatoms. The number of hydrogen-bond donors (Lipinski definition) is 2. The lowest BCUT2D eigenvalue weighted by Gasteiger charge is -2.19. The molecule has 0 aliphatic heterocycles. The van der Waals surface area contributed by atoms with Crippen LogP contribution in [0.5, 0.6) is 0 Å². The van der Waals surface area contributed by atoms with Crippen molar-refractivity contribution in [1.29, 1.82) is 0 Å². The Kier molecular flexibility index (Phi) is 6.61. The Labute approximate surface area is 173 Å². The summed E-state index contributed by atoms with van der Waals surface area (Å²) in [6.45, 7) is 1.94. The van der Waals surface area contributed by atoms with Crippen LogP contribution in [-0.2, 0) is 4.79 Å². The van der Waals surface area contributed by atoms with E-state index < -0.39 is 6.04 Å². The Bertz CT molecular complexity index is 959. The SMILES string of the molecule is Cc1cc(Br)ccc1NC(=O)CC(NC(=O)c1ccccc1)c1ccccc1. The van der Waals surface area contributed by atoms with Crippen LogP contribution in [0.1, 0.15) is 33.9 Å². The Morgan fingerprint density at radius 2 is 1.57 bits per heavy atom. The summed E-state index contributed by atoms with van der Waals surface area (Å²) in [5, 5.41) is 5.92. The number of amides is 2. The summed E-state index contributed by atoms with van der Waals surface area (Å²) in [6, 6.07) is 23.8. The van der Waals surface area contributed by atoms with E-state index in [0.717, 1.165) is 21.3 Å². The Morgan fingerprint density at radius 3 is 2.21 bits per heavy atom. The van der Waals surface area contributed by atoms with Crippen LogP contribution in [0.15, 0.2) is 83.3 Å². The maximum absolute atomic E-state index is 12.7. The standard InChI is InChI=1S/C23H21BrN2O2/c1-16-14-19(24)12-13-20(16)25-22(27)15-21(17-8-4-2-5-9-17)26-23(28)18-10-6-3-7-11-18/h2-14,21H,15H2,1H3,(H,25,27)(H,26,28). The average molecular weight is 437 g/mol. The molecular formula is C23H21BrN2O2. The fraction of sp³-hybridized carbons (Fsp3) is 0.130. The molecule has 1 unspecified atom stereocenters. The Morgan fingerprint density at radius 1 is 0.929 bits per heavy atom. The van der Waals surface area contributed by atoms with E-state index in [1.54, 1.807) is 12.1 Å². The first-order valence-electron chi connectivity index (χ1n) is 9.00. The normalized spacial score (nSPS) is 11.5. The molecule has 0 spiro atoms.